The summed E-state index contributed by atoms with van der Waals surface area (Å²) in [5.41, 5.74) is 8.00. The first-order valence-corrected chi connectivity index (χ1v) is 8.35. The highest BCUT2D eigenvalue weighted by atomic mass is 16.2. The van der Waals surface area contributed by atoms with E-state index in [-0.39, 0.29) is 5.91 Å². The lowest BCUT2D eigenvalue weighted by atomic mass is 9.80. The molecule has 1 fully saturated rings. The molecule has 118 valence electrons. The minimum atomic E-state index is -0.856. The molecule has 3 rings (SSSR count). The molecule has 1 aromatic carbocycles. The van der Waals surface area contributed by atoms with E-state index < -0.39 is 11.4 Å². The van der Waals surface area contributed by atoms with E-state index in [1.807, 2.05) is 12.1 Å². The Hall–Kier alpha value is -1.84. The molecular weight excluding hydrogens is 276 g/mol. The molecular formula is C18H24N2O2. The molecule has 1 aromatic rings. The number of hydrogen-bond acceptors (Lipinski definition) is 2. The van der Waals surface area contributed by atoms with Gasteiger partial charge in [0.1, 0.15) is 5.54 Å². The van der Waals surface area contributed by atoms with Crippen LogP contribution in [0.5, 0.6) is 0 Å². The SMILES string of the molecule is NC(=O)C1(NC(=O)c2ccc3c(c2)CCCC3)CCCCC1. The number of hydrogen-bond donors (Lipinski definition) is 2. The van der Waals surface area contributed by atoms with Crippen LogP contribution >= 0.6 is 0 Å². The van der Waals surface area contributed by atoms with Gasteiger partial charge in [-0.1, -0.05) is 25.3 Å². The summed E-state index contributed by atoms with van der Waals surface area (Å²) in [7, 11) is 0. The van der Waals surface area contributed by atoms with Gasteiger partial charge in [0.25, 0.3) is 5.91 Å². The predicted molar refractivity (Wildman–Crippen MR) is 85.6 cm³/mol. The number of carbonyl (C=O) groups is 2. The van der Waals surface area contributed by atoms with Crippen LogP contribution in [0.2, 0.25) is 0 Å². The molecule has 0 spiro atoms. The molecule has 0 aromatic heterocycles. The molecule has 2 aliphatic rings. The third-order valence-corrected chi connectivity index (χ3v) is 5.14. The van der Waals surface area contributed by atoms with Crippen molar-refractivity contribution in [2.75, 3.05) is 0 Å². The van der Waals surface area contributed by atoms with Crippen molar-refractivity contribution in [1.82, 2.24) is 5.32 Å². The third-order valence-electron chi connectivity index (χ3n) is 5.14. The average molecular weight is 300 g/mol. The van der Waals surface area contributed by atoms with Crippen LogP contribution in [0.1, 0.15) is 66.4 Å². The number of nitrogens with two attached hydrogens (primary N) is 1. The highest BCUT2D eigenvalue weighted by Crippen LogP contribution is 2.29. The van der Waals surface area contributed by atoms with Gasteiger partial charge in [-0.05, 0) is 61.8 Å². The fourth-order valence-corrected chi connectivity index (χ4v) is 3.75. The fourth-order valence-electron chi connectivity index (χ4n) is 3.75. The van der Waals surface area contributed by atoms with Crippen molar-refractivity contribution in [2.45, 2.75) is 63.3 Å². The van der Waals surface area contributed by atoms with Crippen LogP contribution in [0.3, 0.4) is 0 Å². The summed E-state index contributed by atoms with van der Waals surface area (Å²) in [5.74, 6) is -0.576. The molecule has 0 radical (unpaired) electrons. The maximum absolute atomic E-state index is 12.6. The van der Waals surface area contributed by atoms with Gasteiger partial charge in [-0.25, -0.2) is 0 Å². The molecule has 0 atom stereocenters. The van der Waals surface area contributed by atoms with Gasteiger partial charge in [-0.15, -0.1) is 0 Å². The van der Waals surface area contributed by atoms with Crippen LogP contribution in [0.15, 0.2) is 18.2 Å². The molecule has 0 unspecified atom stereocenters. The largest absolute Gasteiger partial charge is 0.368 e. The van der Waals surface area contributed by atoms with E-state index in [1.165, 1.54) is 24.0 Å². The van der Waals surface area contributed by atoms with Crippen LogP contribution < -0.4 is 11.1 Å². The molecule has 4 nitrogen and oxygen atoms in total. The van der Waals surface area contributed by atoms with E-state index in [9.17, 15) is 9.59 Å². The zero-order chi connectivity index (χ0) is 15.6. The van der Waals surface area contributed by atoms with Crippen molar-refractivity contribution >= 4 is 11.8 Å². The van der Waals surface area contributed by atoms with Crippen LogP contribution in [0.25, 0.3) is 0 Å². The summed E-state index contributed by atoms with van der Waals surface area (Å²) >= 11 is 0. The predicted octanol–water partition coefficient (Wildman–Crippen LogP) is 2.48. The third kappa shape index (κ3) is 2.87. The van der Waals surface area contributed by atoms with Gasteiger partial charge in [0.15, 0.2) is 0 Å². The Labute approximate surface area is 131 Å². The average Bonchev–Trinajstić information content (AvgIpc) is 2.55. The highest BCUT2D eigenvalue weighted by Gasteiger charge is 2.39. The maximum Gasteiger partial charge on any atom is 0.252 e. The van der Waals surface area contributed by atoms with Gasteiger partial charge in [0, 0.05) is 5.56 Å². The quantitative estimate of drug-likeness (QED) is 0.900. The first kappa shape index (κ1) is 15.1. The lowest BCUT2D eigenvalue weighted by molar-refractivity contribution is -0.125. The van der Waals surface area contributed by atoms with Crippen molar-refractivity contribution in [3.05, 3.63) is 34.9 Å². The number of benzene rings is 1. The van der Waals surface area contributed by atoms with Crippen molar-refractivity contribution < 1.29 is 9.59 Å². The number of carbonyl (C=O) groups excluding carboxylic acids is 2. The number of amides is 2. The Morgan fingerprint density at radius 1 is 0.955 bits per heavy atom. The molecule has 22 heavy (non-hydrogen) atoms. The molecule has 0 heterocycles. The summed E-state index contributed by atoms with van der Waals surface area (Å²) in [5, 5.41) is 2.94. The van der Waals surface area contributed by atoms with Gasteiger partial charge >= 0.3 is 0 Å². The van der Waals surface area contributed by atoms with E-state index in [4.69, 9.17) is 5.73 Å². The molecule has 1 saturated carbocycles. The zero-order valence-electron chi connectivity index (χ0n) is 13.0. The maximum atomic E-state index is 12.6. The summed E-state index contributed by atoms with van der Waals surface area (Å²) in [6, 6.07) is 5.92. The van der Waals surface area contributed by atoms with Gasteiger partial charge in [-0.2, -0.15) is 0 Å². The monoisotopic (exact) mass is 300 g/mol. The van der Waals surface area contributed by atoms with E-state index >= 15 is 0 Å². The fraction of sp³-hybridized carbons (Fsp3) is 0.556. The first-order valence-electron chi connectivity index (χ1n) is 8.35. The van der Waals surface area contributed by atoms with Crippen LogP contribution in [0, 0.1) is 0 Å². The molecule has 0 aliphatic heterocycles. The Morgan fingerprint density at radius 2 is 1.64 bits per heavy atom. The second kappa shape index (κ2) is 6.11. The Bertz CT molecular complexity index is 589. The van der Waals surface area contributed by atoms with Crippen LogP contribution in [0.4, 0.5) is 0 Å². The molecule has 2 aliphatic carbocycles. The normalized spacial score (nSPS) is 20.0. The Kier molecular flexibility index (Phi) is 4.19. The summed E-state index contributed by atoms with van der Waals surface area (Å²) in [4.78, 5) is 24.5. The number of nitrogens with one attached hydrogen (secondary N) is 1. The standard InChI is InChI=1S/C18H24N2O2/c19-17(22)18(10-4-1-5-11-18)20-16(21)15-9-8-13-6-2-3-7-14(13)12-15/h8-9,12H,1-7,10-11H2,(H2,19,22)(H,20,21). The Balaban J connectivity index is 1.79. The van der Waals surface area contributed by atoms with Gasteiger partial charge in [-0.3, -0.25) is 9.59 Å². The highest BCUT2D eigenvalue weighted by molar-refractivity contribution is 5.99. The number of aryl methyl sites for hydroxylation is 2. The first-order chi connectivity index (χ1) is 10.6. The van der Waals surface area contributed by atoms with Gasteiger partial charge in [0.2, 0.25) is 5.91 Å². The van der Waals surface area contributed by atoms with Crippen molar-refractivity contribution in [3.8, 4) is 0 Å². The molecule has 0 bridgehead atoms. The summed E-state index contributed by atoms with van der Waals surface area (Å²) in [6.45, 7) is 0. The Morgan fingerprint density at radius 3 is 2.32 bits per heavy atom. The van der Waals surface area contributed by atoms with Crippen LogP contribution in [-0.4, -0.2) is 17.4 Å². The minimum absolute atomic E-state index is 0.172. The van der Waals surface area contributed by atoms with E-state index in [1.54, 1.807) is 0 Å². The second-order valence-corrected chi connectivity index (χ2v) is 6.65. The number of fused-ring (bicyclic) bond motifs is 1. The van der Waals surface area contributed by atoms with E-state index in [2.05, 4.69) is 11.4 Å². The molecule has 4 heteroatoms. The smallest absolute Gasteiger partial charge is 0.252 e. The summed E-state index contributed by atoms with van der Waals surface area (Å²) < 4.78 is 0. The lowest BCUT2D eigenvalue weighted by Crippen LogP contribution is -2.58. The van der Waals surface area contributed by atoms with Gasteiger partial charge < -0.3 is 11.1 Å². The molecule has 2 amide bonds. The van der Waals surface area contributed by atoms with Crippen molar-refractivity contribution in [2.24, 2.45) is 5.73 Å². The van der Waals surface area contributed by atoms with E-state index in [0.29, 0.717) is 18.4 Å². The number of rotatable bonds is 3. The lowest BCUT2D eigenvalue weighted by Gasteiger charge is -2.35. The molecule has 0 saturated heterocycles. The minimum Gasteiger partial charge on any atom is -0.368 e. The summed E-state index contributed by atoms with van der Waals surface area (Å²) in [6.07, 6.45) is 8.83. The van der Waals surface area contributed by atoms with Crippen LogP contribution in [-0.2, 0) is 17.6 Å². The van der Waals surface area contributed by atoms with Crippen molar-refractivity contribution in [1.29, 1.82) is 0 Å². The zero-order valence-corrected chi connectivity index (χ0v) is 13.0. The van der Waals surface area contributed by atoms with Crippen molar-refractivity contribution in [3.63, 3.8) is 0 Å². The topological polar surface area (TPSA) is 72.2 Å². The molecule has 3 N–H and O–H groups in total. The number of primary amides is 1. The second-order valence-electron chi connectivity index (χ2n) is 6.65. The van der Waals surface area contributed by atoms with E-state index in [0.717, 1.165) is 32.1 Å². The van der Waals surface area contributed by atoms with Gasteiger partial charge in [0.05, 0.1) is 0 Å².